The van der Waals surface area contributed by atoms with E-state index < -0.39 is 10.0 Å². The number of sulfonamides is 1. The number of rotatable bonds is 4. The van der Waals surface area contributed by atoms with Gasteiger partial charge < -0.3 is 10.2 Å². The predicted octanol–water partition coefficient (Wildman–Crippen LogP) is 0.588. The largest absolute Gasteiger partial charge is 0.317 e. The lowest BCUT2D eigenvalue weighted by Gasteiger charge is -2.40. The molecular weight excluding hydrogens is 274 g/mol. The maximum atomic E-state index is 11.5. The van der Waals surface area contributed by atoms with Crippen LogP contribution in [0.4, 0.5) is 0 Å². The summed E-state index contributed by atoms with van der Waals surface area (Å²) < 4.78 is 24.6. The van der Waals surface area contributed by atoms with Gasteiger partial charge in [0.25, 0.3) is 0 Å². The highest BCUT2D eigenvalue weighted by atomic mass is 32.2. The highest BCUT2D eigenvalue weighted by molar-refractivity contribution is 7.88. The van der Waals surface area contributed by atoms with Gasteiger partial charge >= 0.3 is 0 Å². The molecule has 1 aliphatic carbocycles. The van der Waals surface area contributed by atoms with Crippen molar-refractivity contribution in [1.29, 1.82) is 0 Å². The zero-order valence-corrected chi connectivity index (χ0v) is 13.8. The summed E-state index contributed by atoms with van der Waals surface area (Å²) in [5.74, 6) is 1.52. The molecule has 0 aromatic heterocycles. The summed E-state index contributed by atoms with van der Waals surface area (Å²) in [4.78, 5) is 2.44. The lowest BCUT2D eigenvalue weighted by atomic mass is 9.78. The van der Waals surface area contributed by atoms with Crippen molar-refractivity contribution in [1.82, 2.24) is 14.5 Å². The molecule has 1 aliphatic heterocycles. The molecule has 1 N–H and O–H groups in total. The molecule has 3 atom stereocenters. The van der Waals surface area contributed by atoms with E-state index in [1.165, 1.54) is 25.5 Å². The molecule has 6 heteroatoms. The van der Waals surface area contributed by atoms with E-state index in [9.17, 15) is 8.42 Å². The van der Waals surface area contributed by atoms with E-state index in [1.54, 1.807) is 4.31 Å². The van der Waals surface area contributed by atoms with Gasteiger partial charge in [-0.15, -0.1) is 0 Å². The third-order valence-electron chi connectivity index (χ3n) is 4.91. The minimum Gasteiger partial charge on any atom is -0.317 e. The zero-order chi connectivity index (χ0) is 14.8. The molecule has 1 heterocycles. The van der Waals surface area contributed by atoms with Gasteiger partial charge in [0.15, 0.2) is 0 Å². The molecule has 5 nitrogen and oxygen atoms in total. The van der Waals surface area contributed by atoms with Crippen molar-refractivity contribution in [3.63, 3.8) is 0 Å². The van der Waals surface area contributed by atoms with Crippen LogP contribution in [0.3, 0.4) is 0 Å². The van der Waals surface area contributed by atoms with E-state index in [-0.39, 0.29) is 0 Å². The van der Waals surface area contributed by atoms with E-state index in [4.69, 9.17) is 0 Å². The maximum Gasteiger partial charge on any atom is 0.211 e. The van der Waals surface area contributed by atoms with E-state index in [1.807, 2.05) is 0 Å². The van der Waals surface area contributed by atoms with Gasteiger partial charge in [-0.1, -0.05) is 6.92 Å². The lowest BCUT2D eigenvalue weighted by molar-refractivity contribution is 0.120. The quantitative estimate of drug-likeness (QED) is 0.826. The van der Waals surface area contributed by atoms with Crippen LogP contribution in [0.2, 0.25) is 0 Å². The molecule has 0 bridgehead atoms. The highest BCUT2D eigenvalue weighted by Crippen LogP contribution is 2.29. The number of nitrogens with zero attached hydrogens (tertiary/aromatic N) is 2. The lowest BCUT2D eigenvalue weighted by Crippen LogP contribution is -2.52. The van der Waals surface area contributed by atoms with Crippen molar-refractivity contribution in [3.8, 4) is 0 Å². The predicted molar refractivity (Wildman–Crippen MR) is 82.2 cm³/mol. The molecule has 0 aromatic rings. The molecule has 0 aromatic carbocycles. The Morgan fingerprint density at radius 1 is 1.15 bits per heavy atom. The number of nitrogens with one attached hydrogen (secondary N) is 1. The topological polar surface area (TPSA) is 52.6 Å². The van der Waals surface area contributed by atoms with Gasteiger partial charge in [-0.2, -0.15) is 4.31 Å². The Kier molecular flexibility index (Phi) is 5.45. The first-order valence-corrected chi connectivity index (χ1v) is 9.59. The zero-order valence-electron chi connectivity index (χ0n) is 13.0. The second kappa shape index (κ2) is 6.73. The fraction of sp³-hybridized carbons (Fsp3) is 1.00. The molecule has 118 valence electrons. The molecule has 20 heavy (non-hydrogen) atoms. The molecule has 0 spiro atoms. The van der Waals surface area contributed by atoms with Gasteiger partial charge in [-0.25, -0.2) is 8.42 Å². The summed E-state index contributed by atoms with van der Waals surface area (Å²) >= 11 is 0. The van der Waals surface area contributed by atoms with Crippen molar-refractivity contribution in [3.05, 3.63) is 0 Å². The van der Waals surface area contributed by atoms with Gasteiger partial charge in [0.05, 0.1) is 6.26 Å². The molecule has 3 unspecified atom stereocenters. The molecule has 0 amide bonds. The van der Waals surface area contributed by atoms with E-state index in [0.29, 0.717) is 25.0 Å². The second-order valence-corrected chi connectivity index (χ2v) is 8.52. The average Bonchev–Trinajstić information content (AvgIpc) is 2.38. The minimum absolute atomic E-state index is 0.624. The van der Waals surface area contributed by atoms with Crippen LogP contribution in [0, 0.1) is 11.8 Å². The van der Waals surface area contributed by atoms with E-state index >= 15 is 0 Å². The summed E-state index contributed by atoms with van der Waals surface area (Å²) in [6.07, 6.45) is 5.19. The Bertz CT molecular complexity index is 405. The van der Waals surface area contributed by atoms with Crippen LogP contribution in [0.5, 0.6) is 0 Å². The first-order chi connectivity index (χ1) is 9.40. The van der Waals surface area contributed by atoms with Gasteiger partial charge in [0.1, 0.15) is 0 Å². The maximum absolute atomic E-state index is 11.5. The molecule has 2 aliphatic rings. The van der Waals surface area contributed by atoms with Crippen molar-refractivity contribution in [2.45, 2.75) is 32.2 Å². The molecule has 0 radical (unpaired) electrons. The van der Waals surface area contributed by atoms with Gasteiger partial charge in [-0.05, 0) is 38.1 Å². The van der Waals surface area contributed by atoms with Gasteiger partial charge in [-0.3, -0.25) is 0 Å². The van der Waals surface area contributed by atoms with E-state index in [2.05, 4.69) is 24.2 Å². The van der Waals surface area contributed by atoms with Crippen molar-refractivity contribution in [2.75, 3.05) is 46.0 Å². The number of hydrogen-bond donors (Lipinski definition) is 1. The summed E-state index contributed by atoms with van der Waals surface area (Å²) in [5, 5.41) is 3.46. The Labute approximate surface area is 123 Å². The standard InChI is InChI=1S/C14H29N3O2S/c1-12-4-5-14(15-2)13(10-12)11-16-6-8-17(9-7-16)20(3,18)19/h12-15H,4-11H2,1-3H3. The molecule has 2 fully saturated rings. The van der Waals surface area contributed by atoms with E-state index in [0.717, 1.165) is 25.6 Å². The van der Waals surface area contributed by atoms with Crippen LogP contribution >= 0.6 is 0 Å². The SMILES string of the molecule is CNC1CCC(C)CC1CN1CCN(S(C)(=O)=O)CC1. The van der Waals surface area contributed by atoms with Gasteiger partial charge in [0, 0.05) is 38.8 Å². The Balaban J connectivity index is 1.85. The number of hydrogen-bond acceptors (Lipinski definition) is 4. The first-order valence-electron chi connectivity index (χ1n) is 7.75. The summed E-state index contributed by atoms with van der Waals surface area (Å²) in [5.41, 5.74) is 0. The van der Waals surface area contributed by atoms with Gasteiger partial charge in [0.2, 0.25) is 10.0 Å². The highest BCUT2D eigenvalue weighted by Gasteiger charge is 2.31. The summed E-state index contributed by atoms with van der Waals surface area (Å²) in [7, 11) is -0.948. The van der Waals surface area contributed by atoms with Crippen molar-refractivity contribution >= 4 is 10.0 Å². The van der Waals surface area contributed by atoms with Crippen LogP contribution in [-0.4, -0.2) is 69.7 Å². The third kappa shape index (κ3) is 4.16. The number of piperazine rings is 1. The van der Waals surface area contributed by atoms with Crippen LogP contribution in [-0.2, 0) is 10.0 Å². The Morgan fingerprint density at radius 3 is 2.35 bits per heavy atom. The molecule has 1 saturated carbocycles. The van der Waals surface area contributed by atoms with Crippen LogP contribution in [0.15, 0.2) is 0 Å². The monoisotopic (exact) mass is 303 g/mol. The summed E-state index contributed by atoms with van der Waals surface area (Å²) in [6.45, 7) is 6.48. The van der Waals surface area contributed by atoms with Crippen LogP contribution in [0.1, 0.15) is 26.2 Å². The second-order valence-electron chi connectivity index (χ2n) is 6.54. The first kappa shape index (κ1) is 16.2. The third-order valence-corrected chi connectivity index (χ3v) is 6.21. The molecular formula is C14H29N3O2S. The smallest absolute Gasteiger partial charge is 0.211 e. The average molecular weight is 303 g/mol. The fourth-order valence-corrected chi connectivity index (χ4v) is 4.48. The fourth-order valence-electron chi connectivity index (χ4n) is 3.66. The Hall–Kier alpha value is -0.170. The summed E-state index contributed by atoms with van der Waals surface area (Å²) in [6, 6.07) is 0.624. The molecule has 2 rings (SSSR count). The van der Waals surface area contributed by atoms with Crippen molar-refractivity contribution in [2.24, 2.45) is 11.8 Å². The molecule has 1 saturated heterocycles. The normalized spacial score (nSPS) is 34.2. The Morgan fingerprint density at radius 2 is 1.80 bits per heavy atom. The van der Waals surface area contributed by atoms with Crippen LogP contribution in [0.25, 0.3) is 0 Å². The van der Waals surface area contributed by atoms with Crippen LogP contribution < -0.4 is 5.32 Å². The minimum atomic E-state index is -3.01. The van der Waals surface area contributed by atoms with Crippen molar-refractivity contribution < 1.29 is 8.42 Å².